The molecule has 7 heteroatoms. The Morgan fingerprint density at radius 1 is 1.03 bits per heavy atom. The van der Waals surface area contributed by atoms with Gasteiger partial charge in [-0.25, -0.2) is 4.79 Å². The number of ether oxygens (including phenoxy) is 4. The van der Waals surface area contributed by atoms with Gasteiger partial charge in [-0.2, -0.15) is 0 Å². The highest BCUT2D eigenvalue weighted by atomic mass is 16.7. The molecule has 0 fully saturated rings. The highest BCUT2D eigenvalue weighted by molar-refractivity contribution is 5.85. The van der Waals surface area contributed by atoms with Crippen molar-refractivity contribution in [3.05, 3.63) is 71.0 Å². The number of aliphatic hydroxyl groups excluding tert-OH is 1. The van der Waals surface area contributed by atoms with E-state index < -0.39 is 12.3 Å². The molecule has 2 aromatic rings. The molecule has 1 aliphatic heterocycles. The van der Waals surface area contributed by atoms with Gasteiger partial charge in [0.05, 0.1) is 26.4 Å². The maximum absolute atomic E-state index is 11.9. The maximum atomic E-state index is 11.9. The fourth-order valence-corrected chi connectivity index (χ4v) is 4.89. The summed E-state index contributed by atoms with van der Waals surface area (Å²) in [5, 5.41) is 18.5. The number of carboxylic acid groups (broad SMARTS) is 1. The molecule has 0 spiro atoms. The summed E-state index contributed by atoms with van der Waals surface area (Å²) in [5.41, 5.74) is 6.06. The van der Waals surface area contributed by atoms with E-state index in [1.807, 2.05) is 19.1 Å². The van der Waals surface area contributed by atoms with E-state index in [4.69, 9.17) is 24.1 Å². The van der Waals surface area contributed by atoms with E-state index in [2.05, 4.69) is 30.3 Å². The van der Waals surface area contributed by atoms with Crippen molar-refractivity contribution in [1.29, 1.82) is 0 Å². The molecule has 0 saturated carbocycles. The number of hydrogen-bond donors (Lipinski definition) is 2. The quantitative estimate of drug-likeness (QED) is 0.391. The zero-order valence-electron chi connectivity index (χ0n) is 19.4. The van der Waals surface area contributed by atoms with Crippen LogP contribution in [-0.2, 0) is 30.2 Å². The Morgan fingerprint density at radius 2 is 1.79 bits per heavy atom. The highest BCUT2D eigenvalue weighted by Gasteiger charge is 2.39. The van der Waals surface area contributed by atoms with Crippen molar-refractivity contribution in [3.8, 4) is 11.1 Å². The van der Waals surface area contributed by atoms with Crippen molar-refractivity contribution in [2.45, 2.75) is 32.0 Å². The number of fused-ring (bicyclic) bond motifs is 3. The Bertz CT molecular complexity index is 1020. The molecule has 0 saturated heterocycles. The van der Waals surface area contributed by atoms with Gasteiger partial charge in [0.1, 0.15) is 0 Å². The molecule has 2 aliphatic rings. The minimum absolute atomic E-state index is 0.0133. The smallest absolute Gasteiger partial charge is 0.370 e. The lowest BCUT2D eigenvalue weighted by molar-refractivity contribution is -0.174. The first-order chi connectivity index (χ1) is 16.6. The van der Waals surface area contributed by atoms with Crippen LogP contribution in [0.1, 0.15) is 36.0 Å². The number of hydrogen-bond acceptors (Lipinski definition) is 6. The normalized spacial score (nSPS) is 20.9. The second kappa shape index (κ2) is 11.6. The third-order valence-electron chi connectivity index (χ3n) is 6.38. The molecule has 2 N–H and O–H groups in total. The van der Waals surface area contributed by atoms with Crippen molar-refractivity contribution in [2.75, 3.05) is 39.6 Å². The summed E-state index contributed by atoms with van der Waals surface area (Å²) in [7, 11) is 0. The predicted molar refractivity (Wildman–Crippen MR) is 126 cm³/mol. The molecule has 7 nitrogen and oxygen atoms in total. The van der Waals surface area contributed by atoms with Crippen molar-refractivity contribution in [2.24, 2.45) is 5.92 Å². The summed E-state index contributed by atoms with van der Waals surface area (Å²) in [6.07, 6.45) is 2.50. The maximum Gasteiger partial charge on any atom is 0.370 e. The van der Waals surface area contributed by atoms with Gasteiger partial charge in [-0.05, 0) is 53.7 Å². The van der Waals surface area contributed by atoms with Crippen LogP contribution in [-0.4, -0.2) is 62.1 Å². The van der Waals surface area contributed by atoms with Gasteiger partial charge in [0.2, 0.25) is 12.0 Å². The first kappa shape index (κ1) is 24.4. The van der Waals surface area contributed by atoms with Crippen LogP contribution in [0, 0.1) is 5.92 Å². The first-order valence-electron chi connectivity index (χ1n) is 11.8. The summed E-state index contributed by atoms with van der Waals surface area (Å²) < 4.78 is 22.7. The molecular weight excluding hydrogens is 436 g/mol. The van der Waals surface area contributed by atoms with E-state index >= 15 is 0 Å². The zero-order chi connectivity index (χ0) is 23.9. The molecule has 34 heavy (non-hydrogen) atoms. The molecule has 1 heterocycles. The van der Waals surface area contributed by atoms with E-state index in [-0.39, 0.29) is 24.2 Å². The fourth-order valence-electron chi connectivity index (χ4n) is 4.89. The highest BCUT2D eigenvalue weighted by Crippen LogP contribution is 2.45. The summed E-state index contributed by atoms with van der Waals surface area (Å²) in [5.74, 6) is -1.47. The van der Waals surface area contributed by atoms with Crippen molar-refractivity contribution < 1.29 is 34.0 Å². The minimum atomic E-state index is -1.10. The van der Waals surface area contributed by atoms with Crippen LogP contribution in [0.4, 0.5) is 0 Å². The van der Waals surface area contributed by atoms with Gasteiger partial charge in [0.15, 0.2) is 0 Å². The minimum Gasteiger partial charge on any atom is -0.475 e. The molecule has 0 radical (unpaired) electrons. The number of aliphatic hydroxyl groups is 1. The lowest BCUT2D eigenvalue weighted by Gasteiger charge is -2.37. The average molecular weight is 469 g/mol. The third-order valence-corrected chi connectivity index (χ3v) is 6.38. The largest absolute Gasteiger partial charge is 0.475 e. The van der Waals surface area contributed by atoms with Gasteiger partial charge in [-0.1, -0.05) is 42.5 Å². The Morgan fingerprint density at radius 3 is 2.56 bits per heavy atom. The third kappa shape index (κ3) is 5.33. The van der Waals surface area contributed by atoms with Crippen LogP contribution >= 0.6 is 0 Å². The number of carboxylic acids is 1. The van der Waals surface area contributed by atoms with Crippen LogP contribution in [0.25, 0.3) is 11.1 Å². The topological polar surface area (TPSA) is 94.5 Å². The van der Waals surface area contributed by atoms with E-state index in [1.165, 1.54) is 22.3 Å². The van der Waals surface area contributed by atoms with Gasteiger partial charge in [-0.3, -0.25) is 0 Å². The molecule has 2 aromatic carbocycles. The zero-order valence-corrected chi connectivity index (χ0v) is 19.4. The monoisotopic (exact) mass is 468 g/mol. The van der Waals surface area contributed by atoms with Crippen LogP contribution in [0.2, 0.25) is 0 Å². The van der Waals surface area contributed by atoms with Crippen LogP contribution in [0.15, 0.2) is 54.3 Å². The van der Waals surface area contributed by atoms with E-state index in [0.717, 1.165) is 12.0 Å². The van der Waals surface area contributed by atoms with Crippen LogP contribution < -0.4 is 0 Å². The molecule has 182 valence electrons. The molecule has 0 bridgehead atoms. The lowest BCUT2D eigenvalue weighted by Crippen LogP contribution is -2.37. The number of rotatable bonds is 12. The second-order valence-corrected chi connectivity index (χ2v) is 8.41. The summed E-state index contributed by atoms with van der Waals surface area (Å²) in [6, 6.07) is 14.7. The Kier molecular flexibility index (Phi) is 8.34. The average Bonchev–Trinajstić information content (AvgIpc) is 3.23. The molecule has 3 atom stereocenters. The lowest BCUT2D eigenvalue weighted by atomic mass is 9.78. The number of allylic oxidation sites excluding steroid dienone is 1. The van der Waals surface area contributed by atoms with Gasteiger partial charge >= 0.3 is 5.97 Å². The first-order valence-corrected chi connectivity index (χ1v) is 11.8. The molecular formula is C27H32O7. The standard InChI is InChI=1S/C27H32O7/c1-2-33-27-22(10-12-31-14-15-32-13-11-28)24(17-25(34-27)26(29)30)21-9-5-8-20-19-7-4-3-6-18(19)16-23(20)21/h3-9,17,22,24,27-28H,2,10-16H2,1H3,(H,29,30)/t22-,24-,27-/m1/s1. The summed E-state index contributed by atoms with van der Waals surface area (Å²) in [4.78, 5) is 11.9. The SMILES string of the molecule is CCO[C@@H]1OC(C(=O)O)=C[C@H](c2cccc3c2Cc2ccccc2-3)[C@H]1CCOCCOCCO. The van der Waals surface area contributed by atoms with Gasteiger partial charge < -0.3 is 29.2 Å². The van der Waals surface area contributed by atoms with Crippen LogP contribution in [0.3, 0.4) is 0 Å². The Labute approximate surface area is 199 Å². The number of carbonyl (C=O) groups is 1. The predicted octanol–water partition coefficient (Wildman–Crippen LogP) is 3.73. The number of benzene rings is 2. The van der Waals surface area contributed by atoms with E-state index in [9.17, 15) is 9.90 Å². The Balaban J connectivity index is 1.61. The molecule has 4 rings (SSSR count). The van der Waals surface area contributed by atoms with Gasteiger partial charge in [0.25, 0.3) is 0 Å². The van der Waals surface area contributed by atoms with E-state index in [1.54, 1.807) is 6.08 Å². The molecule has 0 aromatic heterocycles. The second-order valence-electron chi connectivity index (χ2n) is 8.41. The van der Waals surface area contributed by atoms with E-state index in [0.29, 0.717) is 39.5 Å². The van der Waals surface area contributed by atoms with Crippen molar-refractivity contribution in [1.82, 2.24) is 0 Å². The molecule has 0 unspecified atom stereocenters. The summed E-state index contributed by atoms with van der Waals surface area (Å²) >= 11 is 0. The summed E-state index contributed by atoms with van der Waals surface area (Å²) in [6.45, 7) is 3.85. The van der Waals surface area contributed by atoms with Crippen molar-refractivity contribution >= 4 is 5.97 Å². The molecule has 0 amide bonds. The van der Waals surface area contributed by atoms with Crippen LogP contribution in [0.5, 0.6) is 0 Å². The van der Waals surface area contributed by atoms with Crippen molar-refractivity contribution in [3.63, 3.8) is 0 Å². The fraction of sp³-hybridized carbons (Fsp3) is 0.444. The van der Waals surface area contributed by atoms with Gasteiger partial charge in [0, 0.05) is 25.0 Å². The van der Waals surface area contributed by atoms with Gasteiger partial charge in [-0.15, -0.1) is 0 Å². The Hall–Kier alpha value is -2.71. The molecule has 1 aliphatic carbocycles. The number of aliphatic carboxylic acids is 1.